The molecule has 33 heavy (non-hydrogen) atoms. The first kappa shape index (κ1) is 24.9. The molecule has 3 rings (SSSR count). The summed E-state index contributed by atoms with van der Waals surface area (Å²) in [6.07, 6.45) is -2.96. The molecule has 0 atom stereocenters. The molecule has 1 aliphatic rings. The monoisotopic (exact) mass is 501 g/mol. The molecule has 1 aliphatic heterocycles. The molecular weight excluding hydrogens is 479 g/mol. The van der Waals surface area contributed by atoms with Crippen molar-refractivity contribution >= 4 is 32.8 Å². The summed E-state index contributed by atoms with van der Waals surface area (Å²) < 4.78 is 68.0. The van der Waals surface area contributed by atoms with Gasteiger partial charge in [-0.3, -0.25) is 9.79 Å². The average Bonchev–Trinajstić information content (AvgIpc) is 3.26. The van der Waals surface area contributed by atoms with Crippen LogP contribution in [-0.4, -0.2) is 70.2 Å². The molecular formula is C21H22F3N3O4S2. The molecule has 0 spiro atoms. The number of alkyl halides is 3. The van der Waals surface area contributed by atoms with Crippen LogP contribution in [0.15, 0.2) is 58.1 Å². The van der Waals surface area contributed by atoms with Gasteiger partial charge in [-0.15, -0.1) is 11.3 Å². The van der Waals surface area contributed by atoms with Crippen molar-refractivity contribution < 1.29 is 31.1 Å². The van der Waals surface area contributed by atoms with Gasteiger partial charge in [0.25, 0.3) is 0 Å². The largest absolute Gasteiger partial charge is 0.430 e. The number of halogens is 3. The van der Waals surface area contributed by atoms with E-state index in [1.807, 2.05) is 0 Å². The molecule has 0 bridgehead atoms. The minimum Gasteiger partial charge on any atom is -0.395 e. The number of nitrogens with zero attached hydrogens (tertiary/aromatic N) is 2. The number of allylic oxidation sites excluding steroid dienone is 2. The second kappa shape index (κ2) is 10.1. The van der Waals surface area contributed by atoms with Crippen molar-refractivity contribution in [3.63, 3.8) is 0 Å². The number of sulfone groups is 1. The van der Waals surface area contributed by atoms with Gasteiger partial charge in [-0.2, -0.15) is 13.2 Å². The van der Waals surface area contributed by atoms with Gasteiger partial charge in [0.1, 0.15) is 12.2 Å². The number of carbonyl (C=O) groups excluding carboxylic acids is 1. The van der Waals surface area contributed by atoms with Gasteiger partial charge in [-0.05, 0) is 35.9 Å². The molecule has 0 unspecified atom stereocenters. The van der Waals surface area contributed by atoms with Crippen LogP contribution in [0.4, 0.5) is 13.2 Å². The molecule has 1 amide bonds. The van der Waals surface area contributed by atoms with Crippen molar-refractivity contribution in [2.45, 2.75) is 11.1 Å². The number of aliphatic imine (C=N–C) groups is 1. The van der Waals surface area contributed by atoms with Gasteiger partial charge >= 0.3 is 6.18 Å². The zero-order valence-corrected chi connectivity index (χ0v) is 19.3. The Morgan fingerprint density at radius 3 is 2.58 bits per heavy atom. The summed E-state index contributed by atoms with van der Waals surface area (Å²) in [6, 6.07) is 9.45. The van der Waals surface area contributed by atoms with Crippen molar-refractivity contribution in [1.82, 2.24) is 4.90 Å². The van der Waals surface area contributed by atoms with E-state index in [1.54, 1.807) is 24.3 Å². The lowest BCUT2D eigenvalue weighted by atomic mass is 10.2. The van der Waals surface area contributed by atoms with Crippen LogP contribution in [0.5, 0.6) is 0 Å². The number of rotatable bonds is 6. The molecule has 178 valence electrons. The Hall–Kier alpha value is -2.70. The Bertz CT molecular complexity index is 1180. The fourth-order valence-corrected chi connectivity index (χ4v) is 4.65. The summed E-state index contributed by atoms with van der Waals surface area (Å²) in [5, 5.41) is 0. The van der Waals surface area contributed by atoms with Gasteiger partial charge in [0.15, 0.2) is 9.84 Å². The number of thiophene rings is 1. The molecule has 1 aromatic heterocycles. The maximum absolute atomic E-state index is 13.1. The number of nitrogens with two attached hydrogens (primary N) is 1. The number of amides is 1. The van der Waals surface area contributed by atoms with E-state index in [0.717, 1.165) is 17.6 Å². The third-order valence-electron chi connectivity index (χ3n) is 4.77. The van der Waals surface area contributed by atoms with Crippen LogP contribution in [0.2, 0.25) is 0 Å². The smallest absolute Gasteiger partial charge is 0.395 e. The van der Waals surface area contributed by atoms with E-state index in [1.165, 1.54) is 17.0 Å². The first-order chi connectivity index (χ1) is 15.4. The van der Waals surface area contributed by atoms with E-state index < -0.39 is 21.7 Å². The van der Waals surface area contributed by atoms with Crippen molar-refractivity contribution in [2.24, 2.45) is 10.7 Å². The number of benzene rings is 1. The quantitative estimate of drug-likeness (QED) is 0.614. The van der Waals surface area contributed by atoms with Crippen LogP contribution in [-0.2, 0) is 19.4 Å². The second-order valence-electron chi connectivity index (χ2n) is 7.26. The normalized spacial score (nSPS) is 16.2. The maximum Gasteiger partial charge on any atom is 0.430 e. The van der Waals surface area contributed by atoms with Crippen molar-refractivity contribution in [3.05, 3.63) is 53.0 Å². The Morgan fingerprint density at radius 1 is 1.24 bits per heavy atom. The number of hydrogen-bond donors (Lipinski definition) is 1. The fraction of sp³-hybridized carbons (Fsp3) is 0.333. The minimum absolute atomic E-state index is 0.0815. The molecule has 0 radical (unpaired) electrons. The molecule has 2 heterocycles. The van der Waals surface area contributed by atoms with Gasteiger partial charge in [0.2, 0.25) is 5.91 Å². The first-order valence-electron chi connectivity index (χ1n) is 9.80. The third kappa shape index (κ3) is 6.65. The lowest BCUT2D eigenvalue weighted by Gasteiger charge is -2.26. The van der Waals surface area contributed by atoms with E-state index >= 15 is 0 Å². The highest BCUT2D eigenvalue weighted by Crippen LogP contribution is 2.31. The molecule has 1 fully saturated rings. The summed E-state index contributed by atoms with van der Waals surface area (Å²) in [7, 11) is -3.43. The second-order valence-corrected chi connectivity index (χ2v) is 10.4. The standard InChI is InChI=1S/C21H22F3N3O4S2/c1-33(29,30)15-4-2-3-14(11-15)17-5-6-18(32-17)16(12-19(25)21(22,23)24)26-13-20(28)27-7-9-31-10-8-27/h2-6,11-12H,7-10,13,25H2,1H3/b19-12-,26-16?. The number of carbonyl (C=O) groups is 1. The van der Waals surface area contributed by atoms with Crippen LogP contribution in [0, 0.1) is 0 Å². The van der Waals surface area contributed by atoms with E-state index in [-0.39, 0.29) is 23.1 Å². The zero-order valence-electron chi connectivity index (χ0n) is 17.6. The molecule has 1 aromatic carbocycles. The molecule has 0 aliphatic carbocycles. The number of hydrogen-bond acceptors (Lipinski definition) is 7. The van der Waals surface area contributed by atoms with Crippen molar-refractivity contribution in [3.8, 4) is 10.4 Å². The highest BCUT2D eigenvalue weighted by molar-refractivity contribution is 7.90. The molecule has 7 nitrogen and oxygen atoms in total. The summed E-state index contributed by atoms with van der Waals surface area (Å²) >= 11 is 1.12. The lowest BCUT2D eigenvalue weighted by molar-refractivity contribution is -0.133. The van der Waals surface area contributed by atoms with Crippen LogP contribution < -0.4 is 5.73 Å². The summed E-state index contributed by atoms with van der Waals surface area (Å²) in [4.78, 5) is 19.2. The van der Waals surface area contributed by atoms with E-state index in [2.05, 4.69) is 4.99 Å². The van der Waals surface area contributed by atoms with E-state index in [4.69, 9.17) is 10.5 Å². The molecule has 0 saturated carbocycles. The Kier molecular flexibility index (Phi) is 7.60. The van der Waals surface area contributed by atoms with Gasteiger partial charge in [-0.25, -0.2) is 8.42 Å². The Labute approximate surface area is 193 Å². The predicted molar refractivity (Wildman–Crippen MR) is 120 cm³/mol. The third-order valence-corrected chi connectivity index (χ3v) is 7.04. The van der Waals surface area contributed by atoms with Crippen LogP contribution in [0.1, 0.15) is 4.88 Å². The Balaban J connectivity index is 1.93. The number of morpholine rings is 1. The topological polar surface area (TPSA) is 102 Å². The van der Waals surface area contributed by atoms with Crippen LogP contribution in [0.3, 0.4) is 0 Å². The molecule has 12 heteroatoms. The number of ether oxygens (including phenoxy) is 1. The molecule has 2 N–H and O–H groups in total. The van der Waals surface area contributed by atoms with Gasteiger partial charge in [-0.1, -0.05) is 12.1 Å². The maximum atomic E-state index is 13.1. The van der Waals surface area contributed by atoms with Gasteiger partial charge < -0.3 is 15.4 Å². The van der Waals surface area contributed by atoms with Gasteiger partial charge in [0.05, 0.1) is 28.7 Å². The van der Waals surface area contributed by atoms with Crippen LogP contribution in [0.25, 0.3) is 10.4 Å². The van der Waals surface area contributed by atoms with Crippen molar-refractivity contribution in [2.75, 3.05) is 39.1 Å². The predicted octanol–water partition coefficient (Wildman–Crippen LogP) is 2.87. The van der Waals surface area contributed by atoms with Crippen molar-refractivity contribution in [1.29, 1.82) is 0 Å². The summed E-state index contributed by atoms with van der Waals surface area (Å²) in [6.45, 7) is 1.23. The zero-order chi connectivity index (χ0) is 24.2. The minimum atomic E-state index is -4.75. The lowest BCUT2D eigenvalue weighted by Crippen LogP contribution is -2.41. The summed E-state index contributed by atoms with van der Waals surface area (Å²) in [5.41, 5.74) is 4.37. The molecule has 1 saturated heterocycles. The van der Waals surface area contributed by atoms with E-state index in [0.29, 0.717) is 47.7 Å². The highest BCUT2D eigenvalue weighted by Gasteiger charge is 2.32. The Morgan fingerprint density at radius 2 is 1.94 bits per heavy atom. The van der Waals surface area contributed by atoms with Crippen LogP contribution >= 0.6 is 11.3 Å². The van der Waals surface area contributed by atoms with Gasteiger partial charge in [0, 0.05) is 24.2 Å². The first-order valence-corrected chi connectivity index (χ1v) is 12.5. The molecule has 2 aromatic rings. The fourth-order valence-electron chi connectivity index (χ4n) is 3.00. The SMILES string of the molecule is CS(=O)(=O)c1cccc(-c2ccc(C(/C=C(\N)C(F)(F)F)=NCC(=O)N3CCOCC3)s2)c1. The van der Waals surface area contributed by atoms with E-state index in [9.17, 15) is 26.4 Å². The average molecular weight is 502 g/mol. The summed E-state index contributed by atoms with van der Waals surface area (Å²) in [5.74, 6) is -0.326. The highest BCUT2D eigenvalue weighted by atomic mass is 32.2.